The summed E-state index contributed by atoms with van der Waals surface area (Å²) in [6.07, 6.45) is 2.95. The molecular weight excluding hydrogens is 292 g/mol. The number of hydrogen-bond donors (Lipinski definition) is 2. The number of carbonyl (C=O) groups is 1. The molecule has 0 atom stereocenters. The number of thioether (sulfide) groups is 1. The number of hydrogen-bond acceptors (Lipinski definition) is 3. The van der Waals surface area contributed by atoms with Crippen LogP contribution in [0.25, 0.3) is 0 Å². The van der Waals surface area contributed by atoms with Crippen LogP contribution in [-0.4, -0.2) is 31.3 Å². The summed E-state index contributed by atoms with van der Waals surface area (Å²) in [5, 5.41) is 6.34. The molecule has 0 radical (unpaired) electrons. The SMILES string of the molecule is Cl.O=C(CC1CCNCC1)NCCSc1ccccc1. The van der Waals surface area contributed by atoms with Gasteiger partial charge in [-0.1, -0.05) is 18.2 Å². The van der Waals surface area contributed by atoms with E-state index >= 15 is 0 Å². The van der Waals surface area contributed by atoms with Gasteiger partial charge in [-0.05, 0) is 44.0 Å². The first-order chi connectivity index (χ1) is 9.34. The molecule has 1 aliphatic heterocycles. The fraction of sp³-hybridized carbons (Fsp3) is 0.533. The Hall–Kier alpha value is -0.710. The van der Waals surface area contributed by atoms with Crippen LogP contribution in [0.1, 0.15) is 19.3 Å². The van der Waals surface area contributed by atoms with Crippen LogP contribution in [0, 0.1) is 5.92 Å². The van der Waals surface area contributed by atoms with Crippen molar-refractivity contribution >= 4 is 30.1 Å². The first kappa shape index (κ1) is 17.3. The third kappa shape index (κ3) is 6.64. The number of carbonyl (C=O) groups excluding carboxylic acids is 1. The highest BCUT2D eigenvalue weighted by molar-refractivity contribution is 7.99. The van der Waals surface area contributed by atoms with Crippen molar-refractivity contribution in [1.82, 2.24) is 10.6 Å². The van der Waals surface area contributed by atoms with Crippen LogP contribution >= 0.6 is 24.2 Å². The molecule has 1 amide bonds. The molecule has 1 saturated heterocycles. The van der Waals surface area contributed by atoms with Gasteiger partial charge in [0.2, 0.25) is 5.91 Å². The average molecular weight is 315 g/mol. The van der Waals surface area contributed by atoms with E-state index in [2.05, 4.69) is 22.8 Å². The van der Waals surface area contributed by atoms with E-state index in [0.29, 0.717) is 12.3 Å². The van der Waals surface area contributed by atoms with Crippen LogP contribution in [0.5, 0.6) is 0 Å². The summed E-state index contributed by atoms with van der Waals surface area (Å²) in [6.45, 7) is 2.87. The van der Waals surface area contributed by atoms with E-state index in [1.54, 1.807) is 11.8 Å². The maximum absolute atomic E-state index is 11.8. The van der Waals surface area contributed by atoms with Crippen molar-refractivity contribution in [2.45, 2.75) is 24.2 Å². The van der Waals surface area contributed by atoms with E-state index in [9.17, 15) is 4.79 Å². The number of rotatable bonds is 6. The Balaban J connectivity index is 0.00000200. The highest BCUT2D eigenvalue weighted by Gasteiger charge is 2.16. The molecule has 2 rings (SSSR count). The maximum atomic E-state index is 11.8. The molecule has 112 valence electrons. The minimum atomic E-state index is 0. The second kappa shape index (κ2) is 10.1. The van der Waals surface area contributed by atoms with Gasteiger partial charge in [-0.25, -0.2) is 0 Å². The Morgan fingerprint density at radius 2 is 1.95 bits per heavy atom. The molecule has 1 heterocycles. The number of benzene rings is 1. The van der Waals surface area contributed by atoms with Crippen molar-refractivity contribution in [2.24, 2.45) is 5.92 Å². The van der Waals surface area contributed by atoms with Crippen molar-refractivity contribution in [3.63, 3.8) is 0 Å². The van der Waals surface area contributed by atoms with Crippen LogP contribution in [0.2, 0.25) is 0 Å². The lowest BCUT2D eigenvalue weighted by Crippen LogP contribution is -2.33. The zero-order valence-corrected chi connectivity index (χ0v) is 13.3. The molecule has 20 heavy (non-hydrogen) atoms. The Morgan fingerprint density at radius 1 is 1.25 bits per heavy atom. The first-order valence-electron chi connectivity index (χ1n) is 7.00. The lowest BCUT2D eigenvalue weighted by atomic mass is 9.94. The third-order valence-electron chi connectivity index (χ3n) is 3.37. The van der Waals surface area contributed by atoms with Crippen molar-refractivity contribution < 1.29 is 4.79 Å². The second-order valence-electron chi connectivity index (χ2n) is 4.91. The largest absolute Gasteiger partial charge is 0.355 e. The molecule has 0 unspecified atom stereocenters. The van der Waals surface area contributed by atoms with Gasteiger partial charge in [-0.3, -0.25) is 4.79 Å². The standard InChI is InChI=1S/C15H22N2OS.ClH/c18-15(12-13-6-8-16-9-7-13)17-10-11-19-14-4-2-1-3-5-14;/h1-5,13,16H,6-12H2,(H,17,18);1H. The van der Waals surface area contributed by atoms with Gasteiger partial charge in [0, 0.05) is 23.6 Å². The van der Waals surface area contributed by atoms with Crippen LogP contribution in [0.3, 0.4) is 0 Å². The van der Waals surface area contributed by atoms with Gasteiger partial charge in [0.25, 0.3) is 0 Å². The highest BCUT2D eigenvalue weighted by Crippen LogP contribution is 2.17. The fourth-order valence-electron chi connectivity index (χ4n) is 2.30. The number of piperidine rings is 1. The van der Waals surface area contributed by atoms with E-state index in [1.165, 1.54) is 4.90 Å². The molecule has 0 bridgehead atoms. The zero-order chi connectivity index (χ0) is 13.3. The average Bonchev–Trinajstić information content (AvgIpc) is 2.46. The van der Waals surface area contributed by atoms with Gasteiger partial charge in [0.15, 0.2) is 0 Å². The Bertz CT molecular complexity index is 383. The summed E-state index contributed by atoms with van der Waals surface area (Å²) < 4.78 is 0. The highest BCUT2D eigenvalue weighted by atomic mass is 35.5. The van der Waals surface area contributed by atoms with Crippen molar-refractivity contribution in [3.05, 3.63) is 30.3 Å². The van der Waals surface area contributed by atoms with E-state index in [1.807, 2.05) is 18.2 Å². The molecule has 2 N–H and O–H groups in total. The van der Waals surface area contributed by atoms with Gasteiger partial charge in [0.1, 0.15) is 0 Å². The minimum Gasteiger partial charge on any atom is -0.355 e. The summed E-state index contributed by atoms with van der Waals surface area (Å²) in [4.78, 5) is 13.0. The molecule has 1 aromatic rings. The summed E-state index contributed by atoms with van der Waals surface area (Å²) >= 11 is 1.78. The van der Waals surface area contributed by atoms with Crippen molar-refractivity contribution in [1.29, 1.82) is 0 Å². The molecule has 1 fully saturated rings. The molecule has 3 nitrogen and oxygen atoms in total. The van der Waals surface area contributed by atoms with Gasteiger partial charge in [0.05, 0.1) is 0 Å². The van der Waals surface area contributed by atoms with E-state index in [0.717, 1.165) is 38.2 Å². The predicted molar refractivity (Wildman–Crippen MR) is 87.6 cm³/mol. The molecular formula is C15H23ClN2OS. The zero-order valence-electron chi connectivity index (χ0n) is 11.6. The Morgan fingerprint density at radius 3 is 2.65 bits per heavy atom. The van der Waals surface area contributed by atoms with Crippen LogP contribution in [-0.2, 0) is 4.79 Å². The molecule has 0 saturated carbocycles. The first-order valence-corrected chi connectivity index (χ1v) is 7.98. The van der Waals surface area contributed by atoms with Crippen LogP contribution in [0.4, 0.5) is 0 Å². The molecule has 1 aromatic carbocycles. The van der Waals surface area contributed by atoms with Gasteiger partial charge >= 0.3 is 0 Å². The lowest BCUT2D eigenvalue weighted by molar-refractivity contribution is -0.122. The van der Waals surface area contributed by atoms with Crippen LogP contribution in [0.15, 0.2) is 35.2 Å². The Kier molecular flexibility index (Phi) is 8.74. The van der Waals surface area contributed by atoms with E-state index in [-0.39, 0.29) is 18.3 Å². The van der Waals surface area contributed by atoms with Gasteiger partial charge in [-0.2, -0.15) is 0 Å². The van der Waals surface area contributed by atoms with E-state index < -0.39 is 0 Å². The smallest absolute Gasteiger partial charge is 0.220 e. The van der Waals surface area contributed by atoms with Gasteiger partial charge in [-0.15, -0.1) is 24.2 Å². The minimum absolute atomic E-state index is 0. The summed E-state index contributed by atoms with van der Waals surface area (Å²) in [7, 11) is 0. The summed E-state index contributed by atoms with van der Waals surface area (Å²) in [5.74, 6) is 1.71. The molecule has 0 aliphatic carbocycles. The maximum Gasteiger partial charge on any atom is 0.220 e. The molecule has 0 spiro atoms. The van der Waals surface area contributed by atoms with Crippen LogP contribution < -0.4 is 10.6 Å². The molecule has 0 aromatic heterocycles. The van der Waals surface area contributed by atoms with Crippen molar-refractivity contribution in [2.75, 3.05) is 25.4 Å². The normalized spacial score (nSPS) is 15.4. The second-order valence-corrected chi connectivity index (χ2v) is 6.08. The monoisotopic (exact) mass is 314 g/mol. The molecule has 5 heteroatoms. The van der Waals surface area contributed by atoms with Crippen molar-refractivity contribution in [3.8, 4) is 0 Å². The quantitative estimate of drug-likeness (QED) is 0.626. The summed E-state index contributed by atoms with van der Waals surface area (Å²) in [5.41, 5.74) is 0. The number of nitrogens with one attached hydrogen (secondary N) is 2. The van der Waals surface area contributed by atoms with E-state index in [4.69, 9.17) is 0 Å². The van der Waals surface area contributed by atoms with Gasteiger partial charge < -0.3 is 10.6 Å². The molecule has 1 aliphatic rings. The predicted octanol–water partition coefficient (Wildman–Crippen LogP) is 2.71. The lowest BCUT2D eigenvalue weighted by Gasteiger charge is -2.21. The Labute approximate surface area is 131 Å². The summed E-state index contributed by atoms with van der Waals surface area (Å²) in [6, 6.07) is 10.3. The fourth-order valence-corrected chi connectivity index (χ4v) is 3.09. The number of halogens is 1. The topological polar surface area (TPSA) is 41.1 Å². The third-order valence-corrected chi connectivity index (χ3v) is 4.38. The number of amides is 1.